The van der Waals surface area contributed by atoms with E-state index in [4.69, 9.17) is 4.74 Å². The average molecular weight is 352 g/mol. The highest BCUT2D eigenvalue weighted by atomic mass is 32.2. The van der Waals surface area contributed by atoms with Crippen molar-refractivity contribution in [3.05, 3.63) is 21.7 Å². The summed E-state index contributed by atoms with van der Waals surface area (Å²) in [6.07, 6.45) is 3.27. The van der Waals surface area contributed by atoms with E-state index < -0.39 is 0 Å². The topological polar surface area (TPSA) is 72.0 Å². The van der Waals surface area contributed by atoms with Gasteiger partial charge in [0.2, 0.25) is 0 Å². The summed E-state index contributed by atoms with van der Waals surface area (Å²) in [7, 11) is 0. The third-order valence-electron chi connectivity index (χ3n) is 3.98. The van der Waals surface area contributed by atoms with Crippen molar-refractivity contribution in [3.8, 4) is 0 Å². The van der Waals surface area contributed by atoms with Crippen LogP contribution < -0.4 is 5.56 Å². The van der Waals surface area contributed by atoms with E-state index in [-0.39, 0.29) is 17.4 Å². The fourth-order valence-corrected chi connectivity index (χ4v) is 5.27. The number of aromatic nitrogens is 2. The van der Waals surface area contributed by atoms with Crippen LogP contribution in [0.4, 0.5) is 0 Å². The average Bonchev–Trinajstić information content (AvgIpc) is 2.91. The van der Waals surface area contributed by atoms with Crippen molar-refractivity contribution in [1.82, 2.24) is 9.97 Å². The Morgan fingerprint density at radius 3 is 3.09 bits per heavy atom. The molecule has 0 aliphatic carbocycles. The molecule has 5 nitrogen and oxygen atoms in total. The number of ether oxygens (including phenoxy) is 1. The molecule has 0 saturated carbocycles. The Bertz CT molecular complexity index is 781. The molecule has 124 valence electrons. The van der Waals surface area contributed by atoms with Crippen molar-refractivity contribution in [3.63, 3.8) is 0 Å². The maximum absolute atomic E-state index is 12.4. The number of aryl methyl sites for hydroxylation is 2. The van der Waals surface area contributed by atoms with Gasteiger partial charge in [0.25, 0.3) is 5.56 Å². The molecule has 2 aromatic heterocycles. The van der Waals surface area contributed by atoms with Gasteiger partial charge in [0, 0.05) is 6.42 Å². The lowest BCUT2D eigenvalue weighted by Gasteiger charge is -2.10. The number of hydrogen-bond donors (Lipinski definition) is 1. The molecule has 23 heavy (non-hydrogen) atoms. The largest absolute Gasteiger partial charge is 0.466 e. The van der Waals surface area contributed by atoms with Gasteiger partial charge in [-0.25, -0.2) is 4.98 Å². The minimum atomic E-state index is -0.195. The molecule has 1 N–H and O–H groups in total. The maximum Gasteiger partial charge on any atom is 0.308 e. The third-order valence-corrected chi connectivity index (χ3v) is 6.51. The van der Waals surface area contributed by atoms with Crippen LogP contribution in [-0.2, 0) is 22.4 Å². The lowest BCUT2D eigenvalue weighted by atomic mass is 10.1. The Morgan fingerprint density at radius 2 is 2.30 bits per heavy atom. The van der Waals surface area contributed by atoms with Crippen LogP contribution in [0.25, 0.3) is 10.2 Å². The van der Waals surface area contributed by atoms with Crippen LogP contribution in [0.2, 0.25) is 0 Å². The summed E-state index contributed by atoms with van der Waals surface area (Å²) in [4.78, 5) is 32.4. The van der Waals surface area contributed by atoms with Crippen LogP contribution in [0.3, 0.4) is 0 Å². The fraction of sp³-hybridized carbons (Fsp3) is 0.562. The van der Waals surface area contributed by atoms with Gasteiger partial charge in [-0.2, -0.15) is 0 Å². The van der Waals surface area contributed by atoms with Gasteiger partial charge in [0.15, 0.2) is 0 Å². The van der Waals surface area contributed by atoms with E-state index in [1.807, 2.05) is 18.7 Å². The van der Waals surface area contributed by atoms with Crippen molar-refractivity contribution in [2.24, 2.45) is 5.92 Å². The Kier molecular flexibility index (Phi) is 5.06. The Hall–Kier alpha value is -1.34. The van der Waals surface area contributed by atoms with Crippen LogP contribution >= 0.6 is 23.1 Å². The number of hydrogen-bond acceptors (Lipinski definition) is 6. The summed E-state index contributed by atoms with van der Waals surface area (Å²) >= 11 is 3.44. The van der Waals surface area contributed by atoms with Gasteiger partial charge in [-0.05, 0) is 37.5 Å². The highest BCUT2D eigenvalue weighted by molar-refractivity contribution is 8.01. The van der Waals surface area contributed by atoms with Gasteiger partial charge in [0.1, 0.15) is 10.7 Å². The molecule has 3 rings (SSSR count). The second-order valence-electron chi connectivity index (χ2n) is 5.70. The van der Waals surface area contributed by atoms with E-state index >= 15 is 0 Å². The molecule has 0 spiro atoms. The number of aromatic amines is 1. The maximum atomic E-state index is 12.4. The molecule has 1 atom stereocenters. The summed E-state index contributed by atoms with van der Waals surface area (Å²) in [5, 5.41) is 0.763. The summed E-state index contributed by atoms with van der Waals surface area (Å²) in [5.41, 5.74) is 1.12. The van der Waals surface area contributed by atoms with Gasteiger partial charge < -0.3 is 9.72 Å². The number of nitrogens with zero attached hydrogens (tertiary/aromatic N) is 1. The molecule has 1 aliphatic rings. The molecule has 3 heterocycles. The van der Waals surface area contributed by atoms with Crippen LogP contribution in [0.5, 0.6) is 0 Å². The number of fused-ring (bicyclic) bond motifs is 3. The molecular formula is C16H20N2O3S2. The third kappa shape index (κ3) is 3.45. The number of esters is 1. The summed E-state index contributed by atoms with van der Waals surface area (Å²) < 4.78 is 6.25. The lowest BCUT2D eigenvalue weighted by Crippen LogP contribution is -2.17. The van der Waals surface area contributed by atoms with Crippen molar-refractivity contribution in [1.29, 1.82) is 0 Å². The number of carbonyl (C=O) groups is 1. The van der Waals surface area contributed by atoms with Crippen LogP contribution in [0.1, 0.15) is 38.1 Å². The Balaban J connectivity index is 1.80. The first-order chi connectivity index (χ1) is 11.1. The molecule has 0 radical (unpaired) electrons. The van der Waals surface area contributed by atoms with E-state index in [2.05, 4.69) is 9.97 Å². The van der Waals surface area contributed by atoms with Crippen molar-refractivity contribution >= 4 is 39.3 Å². The van der Waals surface area contributed by atoms with Gasteiger partial charge in [0.05, 0.1) is 22.1 Å². The van der Waals surface area contributed by atoms with Gasteiger partial charge >= 0.3 is 5.97 Å². The van der Waals surface area contributed by atoms with Crippen LogP contribution in [0.15, 0.2) is 9.00 Å². The normalized spacial score (nSPS) is 15.4. The zero-order chi connectivity index (χ0) is 16.4. The molecule has 7 heteroatoms. The van der Waals surface area contributed by atoms with Gasteiger partial charge in [-0.15, -0.1) is 23.1 Å². The SMILES string of the molecule is CCOC(=O)[C@@H](C)CCc1nc2sc3c(c2c(=O)[nH]1)CCCS3. The molecular weight excluding hydrogens is 332 g/mol. The second kappa shape index (κ2) is 7.05. The Morgan fingerprint density at radius 1 is 1.48 bits per heavy atom. The first kappa shape index (κ1) is 16.5. The smallest absolute Gasteiger partial charge is 0.308 e. The molecule has 0 aromatic carbocycles. The first-order valence-electron chi connectivity index (χ1n) is 7.94. The van der Waals surface area contributed by atoms with Crippen LogP contribution in [-0.4, -0.2) is 28.3 Å². The zero-order valence-electron chi connectivity index (χ0n) is 13.3. The standard InChI is InChI=1S/C16H20N2O3S2/c1-3-21-15(20)9(2)6-7-11-17-13(19)12-10-5-4-8-22-16(10)23-14(12)18-11/h9H,3-8H2,1-2H3,(H,17,18,19)/t9-/m0/s1. The number of nitrogens with one attached hydrogen (secondary N) is 1. The monoisotopic (exact) mass is 352 g/mol. The molecule has 0 unspecified atom stereocenters. The summed E-state index contributed by atoms with van der Waals surface area (Å²) in [6.45, 7) is 4.03. The predicted molar refractivity (Wildman–Crippen MR) is 93.4 cm³/mol. The number of H-pyrrole nitrogens is 1. The Labute approximate surface area is 142 Å². The van der Waals surface area contributed by atoms with Gasteiger partial charge in [-0.1, -0.05) is 6.92 Å². The van der Waals surface area contributed by atoms with E-state index in [0.29, 0.717) is 25.3 Å². The molecule has 2 aromatic rings. The highest BCUT2D eigenvalue weighted by Crippen LogP contribution is 2.40. The second-order valence-corrected chi connectivity index (χ2v) is 8.07. The van der Waals surface area contributed by atoms with Gasteiger partial charge in [-0.3, -0.25) is 9.59 Å². The number of carbonyl (C=O) groups excluding carboxylic acids is 1. The molecule has 0 amide bonds. The minimum Gasteiger partial charge on any atom is -0.466 e. The summed E-state index contributed by atoms with van der Waals surface area (Å²) in [6, 6.07) is 0. The zero-order valence-corrected chi connectivity index (χ0v) is 14.9. The number of thiophene rings is 1. The van der Waals surface area contributed by atoms with Crippen molar-refractivity contribution < 1.29 is 9.53 Å². The quantitative estimate of drug-likeness (QED) is 0.837. The van der Waals surface area contributed by atoms with E-state index in [1.54, 1.807) is 18.3 Å². The van der Waals surface area contributed by atoms with E-state index in [9.17, 15) is 9.59 Å². The lowest BCUT2D eigenvalue weighted by molar-refractivity contribution is -0.147. The molecule has 0 fully saturated rings. The molecule has 0 saturated heterocycles. The van der Waals surface area contributed by atoms with E-state index in [0.717, 1.165) is 28.8 Å². The summed E-state index contributed by atoms with van der Waals surface area (Å²) in [5.74, 6) is 1.38. The number of rotatable bonds is 5. The van der Waals surface area contributed by atoms with Crippen molar-refractivity contribution in [2.75, 3.05) is 12.4 Å². The highest BCUT2D eigenvalue weighted by Gasteiger charge is 2.21. The number of thioether (sulfide) groups is 1. The fourth-order valence-electron chi connectivity index (χ4n) is 2.72. The first-order valence-corrected chi connectivity index (χ1v) is 9.74. The molecule has 0 bridgehead atoms. The molecule has 1 aliphatic heterocycles. The van der Waals surface area contributed by atoms with Crippen LogP contribution in [0, 0.1) is 5.92 Å². The van der Waals surface area contributed by atoms with Crippen molar-refractivity contribution in [2.45, 2.75) is 43.7 Å². The predicted octanol–water partition coefficient (Wildman–Crippen LogP) is 3.15. The van der Waals surface area contributed by atoms with E-state index in [1.165, 1.54) is 9.77 Å². The minimum absolute atomic E-state index is 0.0474.